The Hall–Kier alpha value is -2.24. The summed E-state index contributed by atoms with van der Waals surface area (Å²) in [4.78, 5) is 3.47. The number of nitrogens with zero attached hydrogens (tertiary/aromatic N) is 3. The van der Waals surface area contributed by atoms with E-state index in [1.54, 1.807) is 29.4 Å². The lowest BCUT2D eigenvalue weighted by Gasteiger charge is -2.08. The minimum absolute atomic E-state index is 0.111. The molecule has 0 radical (unpaired) electrons. The lowest BCUT2D eigenvalue weighted by Crippen LogP contribution is -2.28. The number of halogens is 1. The van der Waals surface area contributed by atoms with Gasteiger partial charge in [0.05, 0.1) is 6.33 Å². The number of imidazole rings is 1. The number of hydrogen-bond acceptors (Lipinski definition) is 4. The molecule has 0 saturated heterocycles. The SMILES string of the molecule is N#Cc1c(F)cccc1S(=O)(=O)NCCn1ccnc1. The van der Waals surface area contributed by atoms with Gasteiger partial charge in [-0.25, -0.2) is 22.5 Å². The van der Waals surface area contributed by atoms with Crippen LogP contribution < -0.4 is 4.72 Å². The van der Waals surface area contributed by atoms with Crippen molar-refractivity contribution in [3.8, 4) is 6.07 Å². The third-order valence-corrected chi connectivity index (χ3v) is 4.10. The van der Waals surface area contributed by atoms with Gasteiger partial charge in [-0.2, -0.15) is 5.26 Å². The lowest BCUT2D eigenvalue weighted by atomic mass is 10.2. The largest absolute Gasteiger partial charge is 0.336 e. The van der Waals surface area contributed by atoms with E-state index in [9.17, 15) is 12.8 Å². The molecule has 2 aromatic rings. The van der Waals surface area contributed by atoms with Crippen LogP contribution in [0.25, 0.3) is 0 Å². The van der Waals surface area contributed by atoms with Crippen LogP contribution in [0.15, 0.2) is 41.8 Å². The van der Waals surface area contributed by atoms with Crippen LogP contribution in [0, 0.1) is 17.1 Å². The van der Waals surface area contributed by atoms with Crippen molar-refractivity contribution in [2.45, 2.75) is 11.4 Å². The second kappa shape index (κ2) is 5.81. The Morgan fingerprint density at radius 3 is 2.90 bits per heavy atom. The smallest absolute Gasteiger partial charge is 0.242 e. The van der Waals surface area contributed by atoms with Gasteiger partial charge in [-0.3, -0.25) is 0 Å². The molecule has 0 fully saturated rings. The molecule has 0 atom stereocenters. The van der Waals surface area contributed by atoms with Gasteiger partial charge in [0.2, 0.25) is 10.0 Å². The third-order valence-electron chi connectivity index (χ3n) is 2.60. The average molecular weight is 294 g/mol. The van der Waals surface area contributed by atoms with Gasteiger partial charge in [0.1, 0.15) is 22.3 Å². The summed E-state index contributed by atoms with van der Waals surface area (Å²) < 4.78 is 41.5. The van der Waals surface area contributed by atoms with Crippen LogP contribution in [0.4, 0.5) is 4.39 Å². The van der Waals surface area contributed by atoms with E-state index < -0.39 is 21.4 Å². The number of rotatable bonds is 5. The molecule has 0 aliphatic heterocycles. The highest BCUT2D eigenvalue weighted by Gasteiger charge is 2.20. The molecule has 1 aromatic heterocycles. The van der Waals surface area contributed by atoms with Gasteiger partial charge in [-0.05, 0) is 12.1 Å². The molecule has 8 heteroatoms. The molecule has 104 valence electrons. The highest BCUT2D eigenvalue weighted by Crippen LogP contribution is 2.17. The van der Waals surface area contributed by atoms with Crippen LogP contribution in [-0.2, 0) is 16.6 Å². The molecule has 0 spiro atoms. The topological polar surface area (TPSA) is 87.8 Å². The van der Waals surface area contributed by atoms with Crippen molar-refractivity contribution in [1.82, 2.24) is 14.3 Å². The van der Waals surface area contributed by atoms with E-state index in [1.807, 2.05) is 0 Å². The highest BCUT2D eigenvalue weighted by atomic mass is 32.2. The molecule has 6 nitrogen and oxygen atoms in total. The predicted octanol–water partition coefficient (Wildman–Crippen LogP) is 0.872. The number of sulfonamides is 1. The Bertz CT molecular complexity index is 735. The third kappa shape index (κ3) is 3.01. The fraction of sp³-hybridized carbons (Fsp3) is 0.167. The molecule has 2 rings (SSSR count). The zero-order valence-electron chi connectivity index (χ0n) is 10.3. The van der Waals surface area contributed by atoms with Gasteiger partial charge in [-0.15, -0.1) is 0 Å². The van der Waals surface area contributed by atoms with E-state index in [0.717, 1.165) is 6.07 Å². The lowest BCUT2D eigenvalue weighted by molar-refractivity contribution is 0.568. The second-order valence-corrected chi connectivity index (χ2v) is 5.66. The second-order valence-electron chi connectivity index (χ2n) is 3.92. The first-order valence-electron chi connectivity index (χ1n) is 5.68. The molecule has 1 aromatic carbocycles. The Kier molecular flexibility index (Phi) is 4.12. The fourth-order valence-electron chi connectivity index (χ4n) is 1.64. The summed E-state index contributed by atoms with van der Waals surface area (Å²) in [7, 11) is -3.92. The fourth-order valence-corrected chi connectivity index (χ4v) is 2.83. The first kappa shape index (κ1) is 14.2. The van der Waals surface area contributed by atoms with Crippen LogP contribution in [0.3, 0.4) is 0 Å². The van der Waals surface area contributed by atoms with E-state index >= 15 is 0 Å². The maximum absolute atomic E-state index is 13.4. The van der Waals surface area contributed by atoms with Crippen LogP contribution >= 0.6 is 0 Å². The maximum atomic E-state index is 13.4. The van der Waals surface area contributed by atoms with Gasteiger partial charge in [-0.1, -0.05) is 6.07 Å². The van der Waals surface area contributed by atoms with E-state index in [1.165, 1.54) is 12.1 Å². The summed E-state index contributed by atoms with van der Waals surface area (Å²) in [5, 5.41) is 8.84. The van der Waals surface area contributed by atoms with Crippen LogP contribution in [-0.4, -0.2) is 24.5 Å². The van der Waals surface area contributed by atoms with E-state index in [2.05, 4.69) is 9.71 Å². The molecule has 0 unspecified atom stereocenters. The summed E-state index contributed by atoms with van der Waals surface area (Å²) >= 11 is 0. The molecular weight excluding hydrogens is 283 g/mol. The Morgan fingerprint density at radius 1 is 1.45 bits per heavy atom. The quantitative estimate of drug-likeness (QED) is 0.886. The molecule has 1 heterocycles. The van der Waals surface area contributed by atoms with Gasteiger partial charge in [0, 0.05) is 25.5 Å². The van der Waals surface area contributed by atoms with Gasteiger partial charge >= 0.3 is 0 Å². The first-order valence-corrected chi connectivity index (χ1v) is 7.17. The molecule has 0 bridgehead atoms. The minimum Gasteiger partial charge on any atom is -0.336 e. The predicted molar refractivity (Wildman–Crippen MR) is 68.5 cm³/mol. The molecule has 0 aliphatic carbocycles. The van der Waals surface area contributed by atoms with Crippen LogP contribution in [0.5, 0.6) is 0 Å². The standard InChI is InChI=1S/C12H11FN4O2S/c13-11-2-1-3-12(10(11)8-14)20(18,19)16-5-7-17-6-4-15-9-17/h1-4,6,9,16H,5,7H2. The van der Waals surface area contributed by atoms with Crippen LogP contribution in [0.1, 0.15) is 5.56 Å². The number of nitrogens with one attached hydrogen (secondary N) is 1. The Labute approximate surface area is 115 Å². The summed E-state index contributed by atoms with van der Waals surface area (Å²) in [5.41, 5.74) is -0.484. The van der Waals surface area contributed by atoms with Gasteiger partial charge in [0.15, 0.2) is 0 Å². The summed E-state index contributed by atoms with van der Waals surface area (Å²) in [6.07, 6.45) is 4.82. The molecule has 0 aliphatic rings. The van der Waals surface area contributed by atoms with Crippen molar-refractivity contribution >= 4 is 10.0 Å². The zero-order valence-corrected chi connectivity index (χ0v) is 11.1. The average Bonchev–Trinajstić information content (AvgIpc) is 2.91. The van der Waals surface area contributed by atoms with Crippen molar-refractivity contribution in [1.29, 1.82) is 5.26 Å². The first-order chi connectivity index (χ1) is 9.54. The van der Waals surface area contributed by atoms with Crippen molar-refractivity contribution < 1.29 is 12.8 Å². The number of hydrogen-bond donors (Lipinski definition) is 1. The summed E-state index contributed by atoms with van der Waals surface area (Å²) in [6.45, 7) is 0.497. The Balaban J connectivity index is 2.15. The molecule has 20 heavy (non-hydrogen) atoms. The highest BCUT2D eigenvalue weighted by molar-refractivity contribution is 7.89. The minimum atomic E-state index is -3.92. The summed E-state index contributed by atoms with van der Waals surface area (Å²) in [5.74, 6) is -0.856. The van der Waals surface area contributed by atoms with E-state index in [0.29, 0.717) is 6.54 Å². The van der Waals surface area contributed by atoms with Crippen molar-refractivity contribution in [3.05, 3.63) is 48.3 Å². The zero-order chi connectivity index (χ0) is 14.6. The normalized spacial score (nSPS) is 11.2. The summed E-state index contributed by atoms with van der Waals surface area (Å²) in [6, 6.07) is 5.06. The van der Waals surface area contributed by atoms with Gasteiger partial charge < -0.3 is 4.57 Å². The van der Waals surface area contributed by atoms with Crippen molar-refractivity contribution in [3.63, 3.8) is 0 Å². The van der Waals surface area contributed by atoms with Crippen LogP contribution in [0.2, 0.25) is 0 Å². The van der Waals surface area contributed by atoms with E-state index in [-0.39, 0.29) is 11.4 Å². The number of nitriles is 1. The molecule has 0 amide bonds. The van der Waals surface area contributed by atoms with Crippen molar-refractivity contribution in [2.75, 3.05) is 6.54 Å². The van der Waals surface area contributed by atoms with Gasteiger partial charge in [0.25, 0.3) is 0 Å². The Morgan fingerprint density at radius 2 is 2.25 bits per heavy atom. The maximum Gasteiger partial charge on any atom is 0.242 e. The van der Waals surface area contributed by atoms with Crippen molar-refractivity contribution in [2.24, 2.45) is 0 Å². The molecule has 0 saturated carbocycles. The molecule has 1 N–H and O–H groups in total. The molecular formula is C12H11FN4O2S. The van der Waals surface area contributed by atoms with E-state index in [4.69, 9.17) is 5.26 Å². The number of aromatic nitrogens is 2. The number of benzene rings is 1. The monoisotopic (exact) mass is 294 g/mol.